The maximum atomic E-state index is 12.3. The zero-order valence-corrected chi connectivity index (χ0v) is 8.72. The quantitative estimate of drug-likeness (QED) is 0.789. The van der Waals surface area contributed by atoms with Crippen molar-refractivity contribution in [2.75, 3.05) is 7.11 Å². The van der Waals surface area contributed by atoms with Gasteiger partial charge in [0.15, 0.2) is 6.29 Å². The Morgan fingerprint density at radius 3 is 2.71 bits per heavy atom. The van der Waals surface area contributed by atoms with Crippen LogP contribution in [0.25, 0.3) is 0 Å². The molecule has 0 amide bonds. The second-order valence-electron chi connectivity index (χ2n) is 2.38. The highest BCUT2D eigenvalue weighted by atomic mass is 79.9. The molecule has 0 atom stereocenters. The normalized spacial score (nSPS) is 10.4. The van der Waals surface area contributed by atoms with E-state index in [2.05, 4.69) is 20.9 Å². The lowest BCUT2D eigenvalue weighted by molar-refractivity contribution is 0.112. The van der Waals surface area contributed by atoms with Crippen molar-refractivity contribution in [1.29, 1.82) is 0 Å². The fourth-order valence-corrected chi connectivity index (χ4v) is 1.34. The molecule has 0 N–H and O–H groups in total. The van der Waals surface area contributed by atoms with E-state index < -0.39 is 12.1 Å². The minimum atomic E-state index is -2.73. The molecule has 6 heteroatoms. The van der Waals surface area contributed by atoms with Gasteiger partial charge in [0.25, 0.3) is 6.43 Å². The Hall–Kier alpha value is -1.04. The number of aldehydes is 1. The van der Waals surface area contributed by atoms with Crippen LogP contribution in [-0.4, -0.2) is 18.4 Å². The van der Waals surface area contributed by atoms with E-state index in [9.17, 15) is 13.6 Å². The molecule has 0 bridgehead atoms. The van der Waals surface area contributed by atoms with Crippen LogP contribution >= 0.6 is 15.9 Å². The first-order valence-electron chi connectivity index (χ1n) is 3.58. The molecule has 0 spiro atoms. The average Bonchev–Trinajstić information content (AvgIpc) is 2.17. The largest absolute Gasteiger partial charge is 0.480 e. The number of hydrogen-bond acceptors (Lipinski definition) is 3. The van der Waals surface area contributed by atoms with Crippen molar-refractivity contribution in [1.82, 2.24) is 4.98 Å². The van der Waals surface area contributed by atoms with Crippen LogP contribution in [0.15, 0.2) is 10.5 Å². The Bertz CT molecular complexity index is 357. The highest BCUT2D eigenvalue weighted by Gasteiger charge is 2.16. The molecular weight excluding hydrogens is 260 g/mol. The molecule has 0 aromatic carbocycles. The molecule has 0 fully saturated rings. The fraction of sp³-hybridized carbons (Fsp3) is 0.250. The van der Waals surface area contributed by atoms with E-state index >= 15 is 0 Å². The highest BCUT2D eigenvalue weighted by Crippen LogP contribution is 2.29. The zero-order chi connectivity index (χ0) is 10.7. The van der Waals surface area contributed by atoms with Crippen LogP contribution in [0, 0.1) is 0 Å². The summed E-state index contributed by atoms with van der Waals surface area (Å²) in [6.45, 7) is 0. The number of rotatable bonds is 3. The summed E-state index contributed by atoms with van der Waals surface area (Å²) >= 11 is 3.02. The van der Waals surface area contributed by atoms with Crippen molar-refractivity contribution in [2.24, 2.45) is 0 Å². The molecule has 0 saturated carbocycles. The lowest BCUT2D eigenvalue weighted by Gasteiger charge is -2.06. The third-order valence-electron chi connectivity index (χ3n) is 1.52. The number of hydrogen-bond donors (Lipinski definition) is 0. The second-order valence-corrected chi connectivity index (χ2v) is 3.17. The van der Waals surface area contributed by atoms with E-state index in [0.717, 1.165) is 6.07 Å². The molecule has 14 heavy (non-hydrogen) atoms. The lowest BCUT2D eigenvalue weighted by Crippen LogP contribution is -1.99. The Labute approximate surface area is 87.2 Å². The molecular formula is C8H6BrF2NO2. The topological polar surface area (TPSA) is 39.2 Å². The number of ether oxygens (including phenoxy) is 1. The number of carbonyl (C=O) groups excluding carboxylic acids is 1. The average molecular weight is 266 g/mol. The van der Waals surface area contributed by atoms with Gasteiger partial charge in [-0.3, -0.25) is 4.79 Å². The van der Waals surface area contributed by atoms with Crippen LogP contribution in [-0.2, 0) is 0 Å². The molecule has 1 rings (SSSR count). The number of halogens is 3. The van der Waals surface area contributed by atoms with Crippen molar-refractivity contribution >= 4 is 22.2 Å². The minimum absolute atomic E-state index is 0.0232. The van der Waals surface area contributed by atoms with E-state index in [1.54, 1.807) is 0 Å². The van der Waals surface area contributed by atoms with Gasteiger partial charge in [0, 0.05) is 5.56 Å². The lowest BCUT2D eigenvalue weighted by atomic mass is 10.2. The molecule has 0 aliphatic heterocycles. The molecule has 0 unspecified atom stereocenters. The molecule has 3 nitrogen and oxygen atoms in total. The van der Waals surface area contributed by atoms with Crippen LogP contribution in [0.3, 0.4) is 0 Å². The van der Waals surface area contributed by atoms with Gasteiger partial charge in [0.1, 0.15) is 5.69 Å². The second kappa shape index (κ2) is 4.45. The van der Waals surface area contributed by atoms with Crippen LogP contribution < -0.4 is 4.74 Å². The van der Waals surface area contributed by atoms with E-state index in [4.69, 9.17) is 4.74 Å². The fourth-order valence-electron chi connectivity index (χ4n) is 0.878. The van der Waals surface area contributed by atoms with Gasteiger partial charge < -0.3 is 4.74 Å². The number of aromatic nitrogens is 1. The van der Waals surface area contributed by atoms with E-state index in [1.165, 1.54) is 7.11 Å². The summed E-state index contributed by atoms with van der Waals surface area (Å²) in [4.78, 5) is 14.0. The first kappa shape index (κ1) is 11.0. The maximum Gasteiger partial charge on any atom is 0.280 e. The molecule has 1 heterocycles. The summed E-state index contributed by atoms with van der Waals surface area (Å²) in [5, 5.41) is 0. The number of nitrogens with zero attached hydrogens (tertiary/aromatic N) is 1. The predicted octanol–water partition coefficient (Wildman–Crippen LogP) is 2.60. The smallest absolute Gasteiger partial charge is 0.280 e. The number of alkyl halides is 2. The van der Waals surface area contributed by atoms with E-state index in [1.807, 2.05) is 0 Å². The first-order chi connectivity index (χ1) is 6.60. The summed E-state index contributed by atoms with van der Waals surface area (Å²) in [6, 6.07) is 1.02. The van der Waals surface area contributed by atoms with Gasteiger partial charge in [-0.2, -0.15) is 0 Å². The third-order valence-corrected chi connectivity index (χ3v) is 2.32. The summed E-state index contributed by atoms with van der Waals surface area (Å²) in [5.41, 5.74) is -0.390. The molecule has 0 saturated heterocycles. The van der Waals surface area contributed by atoms with Gasteiger partial charge in [-0.1, -0.05) is 0 Å². The van der Waals surface area contributed by atoms with Crippen LogP contribution in [0.5, 0.6) is 5.88 Å². The van der Waals surface area contributed by atoms with E-state index in [-0.39, 0.29) is 15.9 Å². The molecule has 1 aromatic rings. The zero-order valence-electron chi connectivity index (χ0n) is 7.13. The van der Waals surface area contributed by atoms with Crippen molar-refractivity contribution < 1.29 is 18.3 Å². The van der Waals surface area contributed by atoms with Crippen molar-refractivity contribution in [3.8, 4) is 5.88 Å². The monoisotopic (exact) mass is 265 g/mol. The standard InChI is InChI=1S/C8H6BrF2NO2/c1-14-8-6(9)4(3-13)2-5(12-8)7(10)11/h2-3,7H,1H3. The van der Waals surface area contributed by atoms with Crippen LogP contribution in [0.4, 0.5) is 8.78 Å². The van der Waals surface area contributed by atoms with Gasteiger partial charge in [0.05, 0.1) is 11.6 Å². The summed E-state index contributed by atoms with van der Waals surface area (Å²) < 4.78 is 29.6. The predicted molar refractivity (Wildman–Crippen MR) is 48.8 cm³/mol. The highest BCUT2D eigenvalue weighted by molar-refractivity contribution is 9.10. The molecule has 0 aliphatic rings. The van der Waals surface area contributed by atoms with E-state index in [0.29, 0.717) is 6.29 Å². The Balaban J connectivity index is 3.31. The van der Waals surface area contributed by atoms with Gasteiger partial charge in [0.2, 0.25) is 5.88 Å². The van der Waals surface area contributed by atoms with Gasteiger partial charge >= 0.3 is 0 Å². The Morgan fingerprint density at radius 2 is 2.29 bits per heavy atom. The van der Waals surface area contributed by atoms with Crippen molar-refractivity contribution in [3.63, 3.8) is 0 Å². The Morgan fingerprint density at radius 1 is 1.64 bits per heavy atom. The van der Waals surface area contributed by atoms with Crippen molar-refractivity contribution in [2.45, 2.75) is 6.43 Å². The SMILES string of the molecule is COc1nc(C(F)F)cc(C=O)c1Br. The van der Waals surface area contributed by atoms with Crippen LogP contribution in [0.2, 0.25) is 0 Å². The van der Waals surface area contributed by atoms with Crippen molar-refractivity contribution in [3.05, 3.63) is 21.8 Å². The third kappa shape index (κ3) is 2.06. The minimum Gasteiger partial charge on any atom is -0.480 e. The molecule has 76 valence electrons. The van der Waals surface area contributed by atoms with Gasteiger partial charge in [-0.05, 0) is 22.0 Å². The molecule has 0 radical (unpaired) electrons. The molecule has 1 aromatic heterocycles. The van der Waals surface area contributed by atoms with Gasteiger partial charge in [-0.15, -0.1) is 0 Å². The summed E-state index contributed by atoms with van der Waals surface area (Å²) in [7, 11) is 1.29. The molecule has 0 aliphatic carbocycles. The summed E-state index contributed by atoms with van der Waals surface area (Å²) in [5.74, 6) is -0.0232. The summed E-state index contributed by atoms with van der Waals surface area (Å²) in [6.07, 6.45) is -2.27. The number of pyridine rings is 1. The number of methoxy groups -OCH3 is 1. The van der Waals surface area contributed by atoms with Gasteiger partial charge in [-0.25, -0.2) is 13.8 Å². The maximum absolute atomic E-state index is 12.3. The Kier molecular flexibility index (Phi) is 3.51. The number of carbonyl (C=O) groups is 1. The van der Waals surface area contributed by atoms with Crippen LogP contribution in [0.1, 0.15) is 22.5 Å². The first-order valence-corrected chi connectivity index (χ1v) is 4.37.